The molecule has 9 heteroatoms. The molecule has 0 fully saturated rings. The second kappa shape index (κ2) is 6.97. The Labute approximate surface area is 151 Å². The summed E-state index contributed by atoms with van der Waals surface area (Å²) in [6.07, 6.45) is 0. The Morgan fingerprint density at radius 2 is 2.08 bits per heavy atom. The molecule has 24 heavy (non-hydrogen) atoms. The monoisotopic (exact) mass is 374 g/mol. The van der Waals surface area contributed by atoms with Gasteiger partial charge in [0.25, 0.3) is 0 Å². The average molecular weight is 375 g/mol. The maximum absolute atomic E-state index is 9.34. The zero-order valence-electron chi connectivity index (χ0n) is 12.4. The third kappa shape index (κ3) is 3.54. The van der Waals surface area contributed by atoms with Gasteiger partial charge < -0.3 is 5.73 Å². The van der Waals surface area contributed by atoms with Crippen LogP contribution in [0, 0.1) is 18.3 Å². The van der Waals surface area contributed by atoms with Crippen LogP contribution in [-0.4, -0.2) is 15.7 Å². The summed E-state index contributed by atoms with van der Waals surface area (Å²) < 4.78 is 0. The predicted molar refractivity (Wildman–Crippen MR) is 99.6 cm³/mol. The molecule has 0 amide bonds. The molecule has 1 aromatic carbocycles. The van der Waals surface area contributed by atoms with E-state index in [1.807, 2.05) is 12.3 Å². The van der Waals surface area contributed by atoms with Crippen molar-refractivity contribution in [2.24, 2.45) is 5.10 Å². The van der Waals surface area contributed by atoms with Crippen molar-refractivity contribution in [3.63, 3.8) is 0 Å². The molecule has 2 aromatic heterocycles. The van der Waals surface area contributed by atoms with Crippen molar-refractivity contribution in [3.8, 4) is 16.6 Å². The topological polar surface area (TPSA) is 100.0 Å². The van der Waals surface area contributed by atoms with Gasteiger partial charge in [-0.25, -0.2) is 9.97 Å². The van der Waals surface area contributed by atoms with Crippen LogP contribution in [0.1, 0.15) is 10.7 Å². The standard InChI is InChI=1S/C15H11ClN6S2/c1-8-13(24-15(18)19-8)12-7-23-14(20-12)11(6-17)22-21-10-4-2-9(16)3-5-10/h2-5,7,21H,1H3,(H2,18,19). The Morgan fingerprint density at radius 1 is 1.33 bits per heavy atom. The van der Waals surface area contributed by atoms with Crippen LogP contribution >= 0.6 is 34.3 Å². The van der Waals surface area contributed by atoms with Gasteiger partial charge in [0.05, 0.1) is 22.0 Å². The molecular weight excluding hydrogens is 364 g/mol. The van der Waals surface area contributed by atoms with E-state index in [0.717, 1.165) is 22.0 Å². The summed E-state index contributed by atoms with van der Waals surface area (Å²) in [5.41, 5.74) is 11.1. The summed E-state index contributed by atoms with van der Waals surface area (Å²) >= 11 is 8.55. The van der Waals surface area contributed by atoms with E-state index in [2.05, 4.69) is 26.6 Å². The molecule has 0 saturated carbocycles. The van der Waals surface area contributed by atoms with Gasteiger partial charge in [-0.2, -0.15) is 10.4 Å². The van der Waals surface area contributed by atoms with Gasteiger partial charge in [0.1, 0.15) is 6.07 Å². The van der Waals surface area contributed by atoms with Gasteiger partial charge in [-0.05, 0) is 31.2 Å². The SMILES string of the molecule is Cc1nc(N)sc1-c1csc(C(C#N)=NNc2ccc(Cl)cc2)n1. The second-order valence-electron chi connectivity index (χ2n) is 4.70. The molecule has 3 N–H and O–H groups in total. The highest BCUT2D eigenvalue weighted by atomic mass is 35.5. The van der Waals surface area contributed by atoms with Gasteiger partial charge in [-0.15, -0.1) is 11.3 Å². The predicted octanol–water partition coefficient (Wildman–Crippen LogP) is 4.15. The van der Waals surface area contributed by atoms with Crippen LogP contribution in [-0.2, 0) is 0 Å². The molecule has 6 nitrogen and oxygen atoms in total. The molecule has 0 aliphatic heterocycles. The van der Waals surface area contributed by atoms with E-state index in [0.29, 0.717) is 15.2 Å². The second-order valence-corrected chi connectivity index (χ2v) is 7.02. The molecule has 120 valence electrons. The normalized spacial score (nSPS) is 11.3. The van der Waals surface area contributed by atoms with E-state index in [1.165, 1.54) is 22.7 Å². The van der Waals surface area contributed by atoms with Gasteiger partial charge >= 0.3 is 0 Å². The van der Waals surface area contributed by atoms with Gasteiger partial charge in [0.2, 0.25) is 0 Å². The number of nitriles is 1. The summed E-state index contributed by atoms with van der Waals surface area (Å²) in [7, 11) is 0. The fourth-order valence-corrected chi connectivity index (χ4v) is 3.65. The Hall–Kier alpha value is -2.47. The first kappa shape index (κ1) is 16.4. The maximum atomic E-state index is 9.34. The van der Waals surface area contributed by atoms with Crippen molar-refractivity contribution >= 4 is 50.8 Å². The first-order valence-electron chi connectivity index (χ1n) is 6.75. The van der Waals surface area contributed by atoms with Crippen molar-refractivity contribution in [1.82, 2.24) is 9.97 Å². The maximum Gasteiger partial charge on any atom is 0.196 e. The number of halogens is 1. The Balaban J connectivity index is 1.84. The largest absolute Gasteiger partial charge is 0.375 e. The number of aromatic nitrogens is 2. The van der Waals surface area contributed by atoms with E-state index in [4.69, 9.17) is 17.3 Å². The molecule has 0 radical (unpaired) electrons. The molecule has 0 saturated heterocycles. The van der Waals surface area contributed by atoms with Crippen LogP contribution in [0.2, 0.25) is 5.02 Å². The van der Waals surface area contributed by atoms with Crippen molar-refractivity contribution in [3.05, 3.63) is 45.4 Å². The lowest BCUT2D eigenvalue weighted by molar-refractivity contribution is 1.26. The summed E-state index contributed by atoms with van der Waals surface area (Å²) in [5.74, 6) is 0. The lowest BCUT2D eigenvalue weighted by Gasteiger charge is -2.00. The number of hydrogen-bond acceptors (Lipinski definition) is 8. The highest BCUT2D eigenvalue weighted by Crippen LogP contribution is 2.32. The Morgan fingerprint density at radius 3 is 2.71 bits per heavy atom. The van der Waals surface area contributed by atoms with Gasteiger partial charge in [0.15, 0.2) is 15.9 Å². The first-order valence-corrected chi connectivity index (χ1v) is 8.83. The third-order valence-corrected chi connectivity index (χ3v) is 5.11. The summed E-state index contributed by atoms with van der Waals surface area (Å²) in [5, 5.41) is 17.0. The number of nitrogens with two attached hydrogens (primary N) is 1. The number of benzene rings is 1. The average Bonchev–Trinajstić information content (AvgIpc) is 3.16. The van der Waals surface area contributed by atoms with E-state index < -0.39 is 0 Å². The number of nitrogens with zero attached hydrogens (tertiary/aromatic N) is 4. The number of nitrogens with one attached hydrogen (secondary N) is 1. The summed E-state index contributed by atoms with van der Waals surface area (Å²) in [6.45, 7) is 1.88. The van der Waals surface area contributed by atoms with Crippen LogP contribution in [0.3, 0.4) is 0 Å². The van der Waals surface area contributed by atoms with Gasteiger partial charge in [-0.3, -0.25) is 5.43 Å². The van der Waals surface area contributed by atoms with Crippen molar-refractivity contribution in [2.45, 2.75) is 6.92 Å². The highest BCUT2D eigenvalue weighted by Gasteiger charge is 2.14. The quantitative estimate of drug-likeness (QED) is 0.527. The molecule has 3 aromatic rings. The fraction of sp³-hybridized carbons (Fsp3) is 0.0667. The minimum atomic E-state index is 0.205. The van der Waals surface area contributed by atoms with Crippen molar-refractivity contribution in [2.75, 3.05) is 11.2 Å². The third-order valence-electron chi connectivity index (χ3n) is 3.00. The molecule has 0 aliphatic rings. The van der Waals surface area contributed by atoms with Crippen LogP contribution in [0.5, 0.6) is 0 Å². The fourth-order valence-electron chi connectivity index (χ4n) is 1.91. The molecular formula is C15H11ClN6S2. The van der Waals surface area contributed by atoms with Crippen LogP contribution in [0.25, 0.3) is 10.6 Å². The lowest BCUT2D eigenvalue weighted by atomic mass is 10.3. The zero-order valence-corrected chi connectivity index (χ0v) is 14.8. The Kier molecular flexibility index (Phi) is 4.76. The van der Waals surface area contributed by atoms with Crippen LogP contribution < -0.4 is 11.2 Å². The minimum absolute atomic E-state index is 0.205. The molecule has 0 bridgehead atoms. The number of anilines is 2. The Bertz CT molecular complexity index is 936. The molecule has 0 atom stereocenters. The summed E-state index contributed by atoms with van der Waals surface area (Å²) in [4.78, 5) is 9.56. The van der Waals surface area contributed by atoms with E-state index >= 15 is 0 Å². The van der Waals surface area contributed by atoms with Gasteiger partial charge in [0, 0.05) is 10.4 Å². The number of hydrazone groups is 1. The van der Waals surface area contributed by atoms with E-state index in [1.54, 1.807) is 24.3 Å². The van der Waals surface area contributed by atoms with Crippen LogP contribution in [0.15, 0.2) is 34.7 Å². The molecule has 0 spiro atoms. The number of aryl methyl sites for hydroxylation is 1. The molecule has 2 heterocycles. The van der Waals surface area contributed by atoms with Crippen LogP contribution in [0.4, 0.5) is 10.8 Å². The first-order chi connectivity index (χ1) is 11.6. The number of rotatable bonds is 4. The van der Waals surface area contributed by atoms with E-state index in [-0.39, 0.29) is 5.71 Å². The van der Waals surface area contributed by atoms with Crippen molar-refractivity contribution < 1.29 is 0 Å². The zero-order chi connectivity index (χ0) is 17.1. The molecule has 0 aliphatic carbocycles. The van der Waals surface area contributed by atoms with E-state index in [9.17, 15) is 5.26 Å². The minimum Gasteiger partial charge on any atom is -0.375 e. The van der Waals surface area contributed by atoms with Gasteiger partial charge in [-0.1, -0.05) is 22.9 Å². The lowest BCUT2D eigenvalue weighted by Crippen LogP contribution is -2.01. The summed E-state index contributed by atoms with van der Waals surface area (Å²) in [6, 6.07) is 9.09. The number of hydrogen-bond donors (Lipinski definition) is 2. The highest BCUT2D eigenvalue weighted by molar-refractivity contribution is 7.19. The smallest absolute Gasteiger partial charge is 0.196 e. The number of nitrogen functional groups attached to an aromatic ring is 1. The van der Waals surface area contributed by atoms with Crippen molar-refractivity contribution in [1.29, 1.82) is 5.26 Å². The number of thiazole rings is 2. The molecule has 3 rings (SSSR count). The molecule has 0 unspecified atom stereocenters.